The van der Waals surface area contributed by atoms with E-state index >= 15 is 0 Å². The number of benzene rings is 1. The fraction of sp³-hybridized carbons (Fsp3) is 0.231. The smallest absolute Gasteiger partial charge is 0.242 e. The molecule has 2 rings (SSSR count). The maximum absolute atomic E-state index is 5.98. The Labute approximate surface area is 125 Å². The lowest BCUT2D eigenvalue weighted by atomic mass is 10.3. The highest BCUT2D eigenvalue weighted by Crippen LogP contribution is 2.32. The molecule has 0 saturated heterocycles. The Balaban J connectivity index is 2.32. The van der Waals surface area contributed by atoms with Crippen molar-refractivity contribution in [3.8, 4) is 11.6 Å². The summed E-state index contributed by atoms with van der Waals surface area (Å²) in [7, 11) is 1.61. The van der Waals surface area contributed by atoms with Gasteiger partial charge in [0, 0.05) is 10.5 Å². The standard InChI is InChI=1S/C13H15BrN4O2/c1-3-20-13-11(15)12(16-7-17-13)18-10-6-8(19-2)4-5-9(10)14/h4-7H,3,15H2,1-2H3,(H,16,17,18). The van der Waals surface area contributed by atoms with Crippen LogP contribution >= 0.6 is 15.9 Å². The van der Waals surface area contributed by atoms with E-state index in [1.54, 1.807) is 7.11 Å². The van der Waals surface area contributed by atoms with Crippen molar-refractivity contribution in [3.05, 3.63) is 29.0 Å². The molecule has 1 aromatic carbocycles. The van der Waals surface area contributed by atoms with E-state index in [0.717, 1.165) is 15.9 Å². The highest BCUT2D eigenvalue weighted by molar-refractivity contribution is 9.10. The van der Waals surface area contributed by atoms with Gasteiger partial charge in [0.1, 0.15) is 17.8 Å². The van der Waals surface area contributed by atoms with E-state index in [0.29, 0.717) is 24.0 Å². The van der Waals surface area contributed by atoms with Crippen LogP contribution < -0.4 is 20.5 Å². The van der Waals surface area contributed by atoms with Gasteiger partial charge in [-0.05, 0) is 35.0 Å². The van der Waals surface area contributed by atoms with Crippen LogP contribution in [0.15, 0.2) is 29.0 Å². The van der Waals surface area contributed by atoms with Gasteiger partial charge in [0.05, 0.1) is 19.4 Å². The molecule has 7 heteroatoms. The number of hydrogen-bond acceptors (Lipinski definition) is 6. The molecule has 0 fully saturated rings. The lowest BCUT2D eigenvalue weighted by Gasteiger charge is -2.13. The molecule has 3 N–H and O–H groups in total. The molecule has 2 aromatic rings. The van der Waals surface area contributed by atoms with E-state index in [9.17, 15) is 0 Å². The first kappa shape index (κ1) is 14.4. The third-order valence-electron chi connectivity index (χ3n) is 2.56. The van der Waals surface area contributed by atoms with Gasteiger partial charge in [-0.15, -0.1) is 0 Å². The molecule has 0 aliphatic carbocycles. The number of ether oxygens (including phenoxy) is 2. The Kier molecular flexibility index (Phi) is 4.62. The summed E-state index contributed by atoms with van der Waals surface area (Å²) >= 11 is 3.46. The minimum Gasteiger partial charge on any atom is -0.497 e. The molecule has 0 amide bonds. The van der Waals surface area contributed by atoms with Crippen molar-refractivity contribution in [3.63, 3.8) is 0 Å². The van der Waals surface area contributed by atoms with Crippen molar-refractivity contribution in [1.29, 1.82) is 0 Å². The summed E-state index contributed by atoms with van der Waals surface area (Å²) in [5.74, 6) is 1.58. The first-order chi connectivity index (χ1) is 9.65. The van der Waals surface area contributed by atoms with E-state index in [2.05, 4.69) is 31.2 Å². The molecule has 6 nitrogen and oxygen atoms in total. The number of aromatic nitrogens is 2. The van der Waals surface area contributed by atoms with Gasteiger partial charge in [-0.25, -0.2) is 4.98 Å². The predicted molar refractivity (Wildman–Crippen MR) is 81.6 cm³/mol. The minimum absolute atomic E-state index is 0.365. The monoisotopic (exact) mass is 338 g/mol. The van der Waals surface area contributed by atoms with Gasteiger partial charge >= 0.3 is 0 Å². The summed E-state index contributed by atoms with van der Waals surface area (Å²) in [6.07, 6.45) is 1.40. The zero-order valence-corrected chi connectivity index (χ0v) is 12.8. The maximum atomic E-state index is 5.98. The second-order valence-corrected chi connectivity index (χ2v) is 4.70. The molecule has 0 spiro atoms. The molecular formula is C13H15BrN4O2. The molecule has 0 bridgehead atoms. The van der Waals surface area contributed by atoms with Crippen LogP contribution in [-0.4, -0.2) is 23.7 Å². The number of nitrogens with zero attached hydrogens (tertiary/aromatic N) is 2. The highest BCUT2D eigenvalue weighted by Gasteiger charge is 2.11. The number of methoxy groups -OCH3 is 1. The third kappa shape index (κ3) is 3.11. The zero-order valence-electron chi connectivity index (χ0n) is 11.2. The predicted octanol–water partition coefficient (Wildman–Crippen LogP) is 2.97. The Morgan fingerprint density at radius 1 is 1.35 bits per heavy atom. The van der Waals surface area contributed by atoms with Crippen LogP contribution in [-0.2, 0) is 0 Å². The zero-order chi connectivity index (χ0) is 14.5. The summed E-state index contributed by atoms with van der Waals surface area (Å²) in [5.41, 5.74) is 7.13. The van der Waals surface area contributed by atoms with Crippen molar-refractivity contribution < 1.29 is 9.47 Å². The topological polar surface area (TPSA) is 82.3 Å². The molecule has 0 unspecified atom stereocenters. The number of nitrogen functional groups attached to an aromatic ring is 1. The number of nitrogens with one attached hydrogen (secondary N) is 1. The van der Waals surface area contributed by atoms with Crippen LogP contribution in [0, 0.1) is 0 Å². The molecule has 0 atom stereocenters. The number of nitrogens with two attached hydrogens (primary N) is 1. The minimum atomic E-state index is 0.365. The number of anilines is 3. The van der Waals surface area contributed by atoms with Gasteiger partial charge in [-0.3, -0.25) is 0 Å². The molecule has 0 aliphatic heterocycles. The second-order valence-electron chi connectivity index (χ2n) is 3.84. The van der Waals surface area contributed by atoms with E-state index in [4.69, 9.17) is 15.2 Å². The van der Waals surface area contributed by atoms with Crippen LogP contribution in [0.1, 0.15) is 6.92 Å². The van der Waals surface area contributed by atoms with Crippen molar-refractivity contribution in [2.24, 2.45) is 0 Å². The van der Waals surface area contributed by atoms with Crippen LogP contribution in [0.3, 0.4) is 0 Å². The van der Waals surface area contributed by atoms with E-state index in [-0.39, 0.29) is 0 Å². The summed E-state index contributed by atoms with van der Waals surface area (Å²) < 4.78 is 11.4. The van der Waals surface area contributed by atoms with Gasteiger partial charge in [-0.1, -0.05) is 0 Å². The first-order valence-corrected chi connectivity index (χ1v) is 6.78. The number of rotatable bonds is 5. The lowest BCUT2D eigenvalue weighted by Crippen LogP contribution is -2.05. The van der Waals surface area contributed by atoms with Crippen molar-refractivity contribution in [1.82, 2.24) is 9.97 Å². The molecule has 0 saturated carbocycles. The number of halogens is 1. The van der Waals surface area contributed by atoms with Crippen LogP contribution in [0.4, 0.5) is 17.2 Å². The molecule has 0 aliphatic rings. The quantitative estimate of drug-likeness (QED) is 0.872. The van der Waals surface area contributed by atoms with Crippen molar-refractivity contribution in [2.45, 2.75) is 6.92 Å². The first-order valence-electron chi connectivity index (χ1n) is 5.99. The summed E-state index contributed by atoms with van der Waals surface area (Å²) in [6.45, 7) is 2.36. The Bertz CT molecular complexity index is 607. The van der Waals surface area contributed by atoms with Gasteiger partial charge in [0.15, 0.2) is 5.82 Å². The van der Waals surface area contributed by atoms with E-state index in [1.807, 2.05) is 25.1 Å². The Hall–Kier alpha value is -2.02. The van der Waals surface area contributed by atoms with Crippen molar-refractivity contribution in [2.75, 3.05) is 24.8 Å². The van der Waals surface area contributed by atoms with Gasteiger partial charge < -0.3 is 20.5 Å². The molecule has 0 radical (unpaired) electrons. The SMILES string of the molecule is CCOc1ncnc(Nc2cc(OC)ccc2Br)c1N. The molecular weight excluding hydrogens is 324 g/mol. The second kappa shape index (κ2) is 6.42. The summed E-state index contributed by atoms with van der Waals surface area (Å²) in [6, 6.07) is 5.57. The molecule has 106 valence electrons. The molecule has 1 aromatic heterocycles. The highest BCUT2D eigenvalue weighted by atomic mass is 79.9. The lowest BCUT2D eigenvalue weighted by molar-refractivity contribution is 0.328. The van der Waals surface area contributed by atoms with Gasteiger partial charge in [0.2, 0.25) is 5.88 Å². The Morgan fingerprint density at radius 3 is 2.85 bits per heavy atom. The third-order valence-corrected chi connectivity index (χ3v) is 3.25. The molecule has 20 heavy (non-hydrogen) atoms. The van der Waals surface area contributed by atoms with Gasteiger partial charge in [0.25, 0.3) is 0 Å². The summed E-state index contributed by atoms with van der Waals surface area (Å²) in [4.78, 5) is 8.12. The average molecular weight is 339 g/mol. The number of hydrogen-bond donors (Lipinski definition) is 2. The largest absolute Gasteiger partial charge is 0.497 e. The normalized spacial score (nSPS) is 10.2. The molecule has 1 heterocycles. The van der Waals surface area contributed by atoms with E-state index < -0.39 is 0 Å². The average Bonchev–Trinajstić information content (AvgIpc) is 2.45. The van der Waals surface area contributed by atoms with E-state index in [1.165, 1.54) is 6.33 Å². The Morgan fingerprint density at radius 2 is 2.15 bits per heavy atom. The fourth-order valence-electron chi connectivity index (χ4n) is 1.59. The maximum Gasteiger partial charge on any atom is 0.242 e. The summed E-state index contributed by atoms with van der Waals surface area (Å²) in [5, 5.41) is 3.13. The van der Waals surface area contributed by atoms with Crippen LogP contribution in [0.5, 0.6) is 11.6 Å². The van der Waals surface area contributed by atoms with Crippen LogP contribution in [0.2, 0.25) is 0 Å². The van der Waals surface area contributed by atoms with Gasteiger partial charge in [-0.2, -0.15) is 4.98 Å². The fourth-order valence-corrected chi connectivity index (χ4v) is 1.93. The van der Waals surface area contributed by atoms with Crippen LogP contribution in [0.25, 0.3) is 0 Å². The van der Waals surface area contributed by atoms with Crippen molar-refractivity contribution >= 4 is 33.1 Å².